The average Bonchev–Trinajstić information content (AvgIpc) is 3.05. The summed E-state index contributed by atoms with van der Waals surface area (Å²) in [6.45, 7) is 0. The number of nitrogens with two attached hydrogens (primary N) is 1. The number of nitrogen functional groups attached to an aromatic ring is 1. The maximum atomic E-state index is 5.67. The van der Waals surface area contributed by atoms with Crippen molar-refractivity contribution < 1.29 is 0 Å². The highest BCUT2D eigenvalue weighted by Gasteiger charge is 2.05. The van der Waals surface area contributed by atoms with Crippen LogP contribution in [0.3, 0.4) is 0 Å². The second-order valence-electron chi connectivity index (χ2n) is 4.37. The van der Waals surface area contributed by atoms with Crippen LogP contribution in [-0.4, -0.2) is 15.2 Å². The molecule has 3 aromatic rings. The first-order chi connectivity index (χ1) is 9.29. The third-order valence-corrected chi connectivity index (χ3v) is 3.72. The standard InChI is InChI=1S/C14H14N4S/c15-11-5-3-10(4-6-11)8-13-16-14(18-17-13)9-12-2-1-7-19-12/h1-7H,8-9,15H2,(H,16,17,18). The zero-order chi connectivity index (χ0) is 13.1. The molecule has 1 aromatic carbocycles. The molecule has 0 radical (unpaired) electrons. The van der Waals surface area contributed by atoms with Crippen LogP contribution in [0, 0.1) is 0 Å². The summed E-state index contributed by atoms with van der Waals surface area (Å²) in [6, 6.07) is 12.0. The smallest absolute Gasteiger partial charge is 0.155 e. The number of nitrogens with zero attached hydrogens (tertiary/aromatic N) is 2. The van der Waals surface area contributed by atoms with Gasteiger partial charge in [0.15, 0.2) is 5.82 Å². The Morgan fingerprint density at radius 3 is 2.68 bits per heavy atom. The molecule has 0 aliphatic heterocycles. The van der Waals surface area contributed by atoms with Crippen molar-refractivity contribution in [3.63, 3.8) is 0 Å². The molecule has 0 aliphatic carbocycles. The van der Waals surface area contributed by atoms with E-state index in [-0.39, 0.29) is 0 Å². The molecule has 19 heavy (non-hydrogen) atoms. The number of aromatic nitrogens is 3. The lowest BCUT2D eigenvalue weighted by atomic mass is 10.1. The largest absolute Gasteiger partial charge is 0.399 e. The van der Waals surface area contributed by atoms with Gasteiger partial charge in [0, 0.05) is 23.4 Å². The van der Waals surface area contributed by atoms with E-state index in [1.165, 1.54) is 10.4 Å². The predicted octanol–water partition coefficient (Wildman–Crippen LogP) is 2.63. The van der Waals surface area contributed by atoms with Gasteiger partial charge in [-0.1, -0.05) is 18.2 Å². The second-order valence-corrected chi connectivity index (χ2v) is 5.41. The second kappa shape index (κ2) is 5.24. The lowest BCUT2D eigenvalue weighted by molar-refractivity contribution is 0.962. The molecule has 0 amide bonds. The number of thiophene rings is 1. The maximum Gasteiger partial charge on any atom is 0.155 e. The van der Waals surface area contributed by atoms with Crippen LogP contribution in [-0.2, 0) is 12.8 Å². The quantitative estimate of drug-likeness (QED) is 0.716. The minimum absolute atomic E-state index is 0.748. The first-order valence-electron chi connectivity index (χ1n) is 6.06. The van der Waals surface area contributed by atoms with E-state index in [1.807, 2.05) is 30.3 Å². The van der Waals surface area contributed by atoms with Gasteiger partial charge in [-0.25, -0.2) is 4.98 Å². The van der Waals surface area contributed by atoms with Gasteiger partial charge < -0.3 is 5.73 Å². The van der Waals surface area contributed by atoms with Gasteiger partial charge in [0.1, 0.15) is 5.82 Å². The molecule has 3 N–H and O–H groups in total. The van der Waals surface area contributed by atoms with Crippen molar-refractivity contribution >= 4 is 17.0 Å². The fourth-order valence-electron chi connectivity index (χ4n) is 1.89. The average molecular weight is 270 g/mol. The summed E-state index contributed by atoms with van der Waals surface area (Å²) in [4.78, 5) is 5.79. The number of rotatable bonds is 4. The van der Waals surface area contributed by atoms with Crippen LogP contribution >= 0.6 is 11.3 Å². The van der Waals surface area contributed by atoms with Gasteiger partial charge >= 0.3 is 0 Å². The Hall–Kier alpha value is -2.14. The van der Waals surface area contributed by atoms with Crippen LogP contribution in [0.4, 0.5) is 5.69 Å². The minimum Gasteiger partial charge on any atom is -0.399 e. The van der Waals surface area contributed by atoms with Crippen LogP contribution in [0.1, 0.15) is 22.1 Å². The van der Waals surface area contributed by atoms with E-state index in [2.05, 4.69) is 26.6 Å². The monoisotopic (exact) mass is 270 g/mol. The summed E-state index contributed by atoms with van der Waals surface area (Å²) in [5, 5.41) is 9.31. The molecule has 0 fully saturated rings. The van der Waals surface area contributed by atoms with Crippen LogP contribution in [0.25, 0.3) is 0 Å². The topological polar surface area (TPSA) is 67.6 Å². The molecule has 5 heteroatoms. The molecule has 3 rings (SSSR count). The number of anilines is 1. The van der Waals surface area contributed by atoms with E-state index in [4.69, 9.17) is 5.73 Å². The highest BCUT2D eigenvalue weighted by atomic mass is 32.1. The highest BCUT2D eigenvalue weighted by Crippen LogP contribution is 2.13. The zero-order valence-electron chi connectivity index (χ0n) is 10.3. The van der Waals surface area contributed by atoms with Crippen molar-refractivity contribution in [2.45, 2.75) is 12.8 Å². The van der Waals surface area contributed by atoms with E-state index in [9.17, 15) is 0 Å². The molecule has 0 unspecified atom stereocenters. The number of hydrogen-bond acceptors (Lipinski definition) is 4. The molecule has 96 valence electrons. The molecule has 0 saturated carbocycles. The van der Waals surface area contributed by atoms with Gasteiger partial charge in [-0.15, -0.1) is 11.3 Å². The lowest BCUT2D eigenvalue weighted by Gasteiger charge is -1.98. The summed E-state index contributed by atoms with van der Waals surface area (Å²) in [6.07, 6.45) is 1.54. The Labute approximate surface area is 115 Å². The fraction of sp³-hybridized carbons (Fsp3) is 0.143. The molecule has 0 saturated heterocycles. The molecule has 2 heterocycles. The first kappa shape index (κ1) is 11.9. The minimum atomic E-state index is 0.748. The maximum absolute atomic E-state index is 5.67. The van der Waals surface area contributed by atoms with E-state index in [0.29, 0.717) is 0 Å². The van der Waals surface area contributed by atoms with Crippen molar-refractivity contribution in [2.75, 3.05) is 5.73 Å². The van der Waals surface area contributed by atoms with E-state index in [1.54, 1.807) is 11.3 Å². The third kappa shape index (κ3) is 3.00. The zero-order valence-corrected chi connectivity index (χ0v) is 11.2. The molecular formula is C14H14N4S. The molecule has 0 aliphatic rings. The summed E-state index contributed by atoms with van der Waals surface area (Å²) in [5.41, 5.74) is 7.62. The van der Waals surface area contributed by atoms with Crippen molar-refractivity contribution in [1.29, 1.82) is 0 Å². The van der Waals surface area contributed by atoms with Crippen LogP contribution in [0.2, 0.25) is 0 Å². The molecular weight excluding hydrogens is 256 g/mol. The normalized spacial score (nSPS) is 10.7. The van der Waals surface area contributed by atoms with Gasteiger partial charge in [0.25, 0.3) is 0 Å². The summed E-state index contributed by atoms with van der Waals surface area (Å²) < 4.78 is 0. The van der Waals surface area contributed by atoms with Crippen molar-refractivity contribution in [3.8, 4) is 0 Å². The molecule has 0 bridgehead atoms. The summed E-state index contributed by atoms with van der Waals surface area (Å²) in [5.74, 6) is 1.73. The summed E-state index contributed by atoms with van der Waals surface area (Å²) >= 11 is 1.72. The summed E-state index contributed by atoms with van der Waals surface area (Å²) in [7, 11) is 0. The molecule has 4 nitrogen and oxygen atoms in total. The number of benzene rings is 1. The highest BCUT2D eigenvalue weighted by molar-refractivity contribution is 7.09. The number of aromatic amines is 1. The van der Waals surface area contributed by atoms with Gasteiger partial charge in [-0.3, -0.25) is 5.10 Å². The van der Waals surface area contributed by atoms with Crippen molar-refractivity contribution in [1.82, 2.24) is 15.2 Å². The van der Waals surface area contributed by atoms with E-state index < -0.39 is 0 Å². The molecule has 2 aromatic heterocycles. The third-order valence-electron chi connectivity index (χ3n) is 2.84. The Morgan fingerprint density at radius 1 is 1.11 bits per heavy atom. The Morgan fingerprint density at radius 2 is 1.95 bits per heavy atom. The number of H-pyrrole nitrogens is 1. The van der Waals surface area contributed by atoms with Crippen molar-refractivity contribution in [3.05, 3.63) is 63.9 Å². The lowest BCUT2D eigenvalue weighted by Crippen LogP contribution is -1.92. The number of nitrogens with one attached hydrogen (secondary N) is 1. The van der Waals surface area contributed by atoms with Gasteiger partial charge in [-0.05, 0) is 29.1 Å². The fourth-order valence-corrected chi connectivity index (χ4v) is 2.59. The van der Waals surface area contributed by atoms with Crippen LogP contribution in [0.5, 0.6) is 0 Å². The van der Waals surface area contributed by atoms with Gasteiger partial charge in [0.05, 0.1) is 0 Å². The van der Waals surface area contributed by atoms with Gasteiger partial charge in [-0.2, -0.15) is 5.10 Å². The van der Waals surface area contributed by atoms with Crippen LogP contribution < -0.4 is 5.73 Å². The van der Waals surface area contributed by atoms with E-state index in [0.717, 1.165) is 30.2 Å². The SMILES string of the molecule is Nc1ccc(Cc2nc(Cc3cccs3)n[nH]2)cc1. The Bertz CT molecular complexity index is 640. The van der Waals surface area contributed by atoms with E-state index >= 15 is 0 Å². The molecule has 0 spiro atoms. The predicted molar refractivity (Wildman–Crippen MR) is 77.2 cm³/mol. The Balaban J connectivity index is 1.69. The van der Waals surface area contributed by atoms with Crippen molar-refractivity contribution in [2.24, 2.45) is 0 Å². The van der Waals surface area contributed by atoms with Gasteiger partial charge in [0.2, 0.25) is 0 Å². The molecule has 0 atom stereocenters. The van der Waals surface area contributed by atoms with Crippen LogP contribution in [0.15, 0.2) is 41.8 Å². The Kier molecular flexibility index (Phi) is 3.29. The first-order valence-corrected chi connectivity index (χ1v) is 6.94. The number of hydrogen-bond donors (Lipinski definition) is 2.